The molecular weight excluding hydrogens is 158 g/mol. The van der Waals surface area contributed by atoms with Crippen LogP contribution in [0.3, 0.4) is 0 Å². The van der Waals surface area contributed by atoms with Crippen molar-refractivity contribution >= 4 is 11.3 Å². The Morgan fingerprint density at radius 2 is 2.55 bits per heavy atom. The zero-order valence-electron chi connectivity index (χ0n) is 6.30. The summed E-state index contributed by atoms with van der Waals surface area (Å²) in [6, 6.07) is 0. The van der Waals surface area contributed by atoms with Crippen molar-refractivity contribution in [2.75, 3.05) is 6.61 Å². The van der Waals surface area contributed by atoms with Gasteiger partial charge in [-0.25, -0.2) is 0 Å². The quantitative estimate of drug-likeness (QED) is 0.687. The van der Waals surface area contributed by atoms with Crippen LogP contribution in [-0.2, 0) is 24.3 Å². The zero-order chi connectivity index (χ0) is 7.68. The first kappa shape index (κ1) is 7.28. The molecule has 0 amide bonds. The van der Waals surface area contributed by atoms with E-state index in [0.29, 0.717) is 6.54 Å². The van der Waals surface area contributed by atoms with E-state index in [2.05, 4.69) is 5.38 Å². The van der Waals surface area contributed by atoms with Crippen molar-refractivity contribution in [3.05, 3.63) is 21.4 Å². The highest BCUT2D eigenvalue weighted by atomic mass is 32.1. The first-order valence-corrected chi connectivity index (χ1v) is 4.65. The Hall–Kier alpha value is -0.380. The molecule has 11 heavy (non-hydrogen) atoms. The minimum Gasteiger partial charge on any atom is -0.376 e. The molecule has 1 aromatic heterocycles. The van der Waals surface area contributed by atoms with E-state index in [1.807, 2.05) is 0 Å². The average molecular weight is 169 g/mol. The lowest BCUT2D eigenvalue weighted by Crippen LogP contribution is -2.09. The smallest absolute Gasteiger partial charge is 0.0812 e. The molecule has 1 aromatic rings. The summed E-state index contributed by atoms with van der Waals surface area (Å²) in [6.07, 6.45) is 1.05. The number of fused-ring (bicyclic) bond motifs is 1. The third-order valence-corrected chi connectivity index (χ3v) is 3.07. The first-order chi connectivity index (χ1) is 5.42. The summed E-state index contributed by atoms with van der Waals surface area (Å²) in [5.41, 5.74) is 8.35. The van der Waals surface area contributed by atoms with Crippen LogP contribution in [0.5, 0.6) is 0 Å². The maximum absolute atomic E-state index is 5.58. The highest BCUT2D eigenvalue weighted by Crippen LogP contribution is 2.26. The van der Waals surface area contributed by atoms with E-state index in [1.54, 1.807) is 11.3 Å². The summed E-state index contributed by atoms with van der Waals surface area (Å²) in [7, 11) is 0. The lowest BCUT2D eigenvalue weighted by molar-refractivity contribution is 0.113. The predicted molar refractivity (Wildman–Crippen MR) is 45.6 cm³/mol. The van der Waals surface area contributed by atoms with Gasteiger partial charge in [-0.1, -0.05) is 0 Å². The number of nitrogens with two attached hydrogens (primary N) is 1. The topological polar surface area (TPSA) is 35.2 Å². The molecule has 1 aliphatic rings. The van der Waals surface area contributed by atoms with Crippen LogP contribution in [0.4, 0.5) is 0 Å². The van der Waals surface area contributed by atoms with Crippen LogP contribution in [0.25, 0.3) is 0 Å². The molecule has 2 heterocycles. The first-order valence-electron chi connectivity index (χ1n) is 3.77. The Morgan fingerprint density at radius 1 is 1.64 bits per heavy atom. The van der Waals surface area contributed by atoms with Gasteiger partial charge in [0.2, 0.25) is 0 Å². The van der Waals surface area contributed by atoms with Gasteiger partial charge in [0.15, 0.2) is 0 Å². The van der Waals surface area contributed by atoms with E-state index in [-0.39, 0.29) is 0 Å². The van der Waals surface area contributed by atoms with Gasteiger partial charge in [-0.3, -0.25) is 0 Å². The lowest BCUT2D eigenvalue weighted by atomic mass is 10.1. The molecule has 0 spiro atoms. The molecule has 2 nitrogen and oxygen atoms in total. The van der Waals surface area contributed by atoms with Crippen molar-refractivity contribution < 1.29 is 4.74 Å². The third kappa shape index (κ3) is 1.20. The highest BCUT2D eigenvalue weighted by Gasteiger charge is 2.14. The fourth-order valence-corrected chi connectivity index (χ4v) is 2.44. The summed E-state index contributed by atoms with van der Waals surface area (Å²) in [6.45, 7) is 2.32. The van der Waals surface area contributed by atoms with Crippen LogP contribution < -0.4 is 5.73 Å². The molecule has 2 N–H and O–H groups in total. The van der Waals surface area contributed by atoms with E-state index in [9.17, 15) is 0 Å². The molecule has 0 aliphatic carbocycles. The molecular formula is C8H11NOS. The van der Waals surface area contributed by atoms with E-state index in [0.717, 1.165) is 19.6 Å². The Morgan fingerprint density at radius 3 is 3.36 bits per heavy atom. The van der Waals surface area contributed by atoms with E-state index < -0.39 is 0 Å². The second kappa shape index (κ2) is 2.93. The third-order valence-electron chi connectivity index (χ3n) is 2.02. The number of rotatable bonds is 1. The second-order valence-electron chi connectivity index (χ2n) is 2.67. The normalized spacial score (nSPS) is 16.5. The minimum atomic E-state index is 0.672. The van der Waals surface area contributed by atoms with Crippen LogP contribution in [0, 0.1) is 0 Å². The van der Waals surface area contributed by atoms with Crippen molar-refractivity contribution in [3.63, 3.8) is 0 Å². The van der Waals surface area contributed by atoms with Gasteiger partial charge in [-0.2, -0.15) is 0 Å². The van der Waals surface area contributed by atoms with Gasteiger partial charge in [-0.05, 0) is 22.9 Å². The van der Waals surface area contributed by atoms with Crippen molar-refractivity contribution in [1.29, 1.82) is 0 Å². The van der Waals surface area contributed by atoms with Crippen LogP contribution in [0.1, 0.15) is 16.0 Å². The Balaban J connectivity index is 2.38. The van der Waals surface area contributed by atoms with Crippen molar-refractivity contribution in [1.82, 2.24) is 0 Å². The van der Waals surface area contributed by atoms with E-state index in [4.69, 9.17) is 10.5 Å². The summed E-state index contributed by atoms with van der Waals surface area (Å²) < 4.78 is 5.32. The van der Waals surface area contributed by atoms with Crippen molar-refractivity contribution in [2.24, 2.45) is 5.73 Å². The average Bonchev–Trinajstić information content (AvgIpc) is 2.47. The summed E-state index contributed by atoms with van der Waals surface area (Å²) in [5, 5.41) is 2.15. The molecule has 0 unspecified atom stereocenters. The molecule has 2 rings (SSSR count). The molecule has 60 valence electrons. The maximum atomic E-state index is 5.58. The predicted octanol–water partition coefficient (Wildman–Crippen LogP) is 1.28. The lowest BCUT2D eigenvalue weighted by Gasteiger charge is -2.12. The molecule has 1 aliphatic heterocycles. The fraction of sp³-hybridized carbons (Fsp3) is 0.500. The van der Waals surface area contributed by atoms with Gasteiger partial charge < -0.3 is 10.5 Å². The zero-order valence-corrected chi connectivity index (χ0v) is 7.12. The maximum Gasteiger partial charge on any atom is 0.0812 e. The standard InChI is InChI=1S/C8H11NOS/c9-3-6-5-11-8-4-10-2-1-7(6)8/h5H,1-4,9H2. The van der Waals surface area contributed by atoms with Gasteiger partial charge in [-0.15, -0.1) is 11.3 Å². The van der Waals surface area contributed by atoms with Crippen LogP contribution in [-0.4, -0.2) is 6.61 Å². The Bertz CT molecular complexity index is 243. The number of hydrogen-bond donors (Lipinski definition) is 1. The molecule has 0 saturated carbocycles. The van der Waals surface area contributed by atoms with Crippen molar-refractivity contribution in [3.8, 4) is 0 Å². The SMILES string of the molecule is NCc1csc2c1CCOC2. The van der Waals surface area contributed by atoms with Gasteiger partial charge >= 0.3 is 0 Å². The molecule has 0 aromatic carbocycles. The fourth-order valence-electron chi connectivity index (χ4n) is 1.40. The van der Waals surface area contributed by atoms with Gasteiger partial charge in [0, 0.05) is 11.4 Å². The number of hydrogen-bond acceptors (Lipinski definition) is 3. The molecule has 0 fully saturated rings. The highest BCUT2D eigenvalue weighted by molar-refractivity contribution is 7.10. The Kier molecular flexibility index (Phi) is 1.94. The number of thiophene rings is 1. The number of ether oxygens (including phenoxy) is 1. The second-order valence-corrected chi connectivity index (χ2v) is 3.63. The molecule has 0 saturated heterocycles. The van der Waals surface area contributed by atoms with E-state index in [1.165, 1.54) is 16.0 Å². The van der Waals surface area contributed by atoms with Crippen molar-refractivity contribution in [2.45, 2.75) is 19.6 Å². The molecule has 0 bridgehead atoms. The van der Waals surface area contributed by atoms with Gasteiger partial charge in [0.25, 0.3) is 0 Å². The summed E-state index contributed by atoms with van der Waals surface area (Å²) in [4.78, 5) is 1.37. The van der Waals surface area contributed by atoms with Crippen LogP contribution in [0.15, 0.2) is 5.38 Å². The molecule has 0 atom stereocenters. The van der Waals surface area contributed by atoms with Crippen LogP contribution >= 0.6 is 11.3 Å². The van der Waals surface area contributed by atoms with Gasteiger partial charge in [0.05, 0.1) is 13.2 Å². The molecule has 0 radical (unpaired) electrons. The van der Waals surface area contributed by atoms with Gasteiger partial charge in [0.1, 0.15) is 0 Å². The molecule has 3 heteroatoms. The summed E-state index contributed by atoms with van der Waals surface area (Å²) >= 11 is 1.77. The summed E-state index contributed by atoms with van der Waals surface area (Å²) in [5.74, 6) is 0. The van der Waals surface area contributed by atoms with Crippen LogP contribution in [0.2, 0.25) is 0 Å². The monoisotopic (exact) mass is 169 g/mol. The largest absolute Gasteiger partial charge is 0.376 e. The Labute approximate surface area is 70.0 Å². The van der Waals surface area contributed by atoms with E-state index >= 15 is 0 Å². The minimum absolute atomic E-state index is 0.672.